The van der Waals surface area contributed by atoms with Gasteiger partial charge in [0.25, 0.3) is 0 Å². The molecule has 22 heteroatoms. The second kappa shape index (κ2) is 18.6. The Morgan fingerprint density at radius 3 is 1.83 bits per heavy atom. The average Bonchev–Trinajstić information content (AvgIpc) is 3.48. The summed E-state index contributed by atoms with van der Waals surface area (Å²) in [7, 11) is 0. The maximum Gasteiger partial charge on any atom is 0.314 e. The minimum atomic E-state index is -1.96. The molecule has 8 aliphatic rings. The summed E-state index contributed by atoms with van der Waals surface area (Å²) >= 11 is 0. The van der Waals surface area contributed by atoms with Gasteiger partial charge in [-0.05, 0) is 86.5 Å². The monoisotopic (exact) mass is 936 g/mol. The first-order valence-electron chi connectivity index (χ1n) is 22.8. The standard InChI is InChI=1S/C43H68O22/c1-17-11-42-9-5-22-40(2,23(42)6-10-43(17,16-42)65-37-32(56)29(53)26(50)20(13-45)60-37)7-4-8-41(22,3)39(57)64-38-34(63-35-30(54)24(48)18(47)15-58-35)33(27(51)21(14-46)61-38)62-36-31(55)28(52)25(49)19(12-44)59-36/h18-38,44-56H,1,4-16H2,2-3H3/t18-,19+,20+,21-,22-,23-,24+,25+,26+,27-,28-,29-,30-,31+,32+,33+,34-,35+,36-,37-,38+,40+,41+,42+,43-/m0/s1. The molecule has 0 aromatic heterocycles. The lowest BCUT2D eigenvalue weighted by Crippen LogP contribution is -2.67. The van der Waals surface area contributed by atoms with Crippen molar-refractivity contribution in [3.63, 3.8) is 0 Å². The van der Waals surface area contributed by atoms with E-state index in [0.29, 0.717) is 51.4 Å². The zero-order chi connectivity index (χ0) is 47.1. The predicted octanol–water partition coefficient (Wildman–Crippen LogP) is -4.47. The first-order chi connectivity index (χ1) is 30.7. The van der Waals surface area contributed by atoms with Crippen LogP contribution < -0.4 is 0 Å². The van der Waals surface area contributed by atoms with Crippen molar-refractivity contribution in [3.8, 4) is 0 Å². The largest absolute Gasteiger partial charge is 0.432 e. The van der Waals surface area contributed by atoms with Crippen LogP contribution in [0, 0.1) is 28.1 Å². The Hall–Kier alpha value is -1.59. The maximum atomic E-state index is 15.0. The first kappa shape index (κ1) is 49.8. The fourth-order valence-corrected chi connectivity index (χ4v) is 13.2. The summed E-state index contributed by atoms with van der Waals surface area (Å²) in [5.74, 6) is -0.885. The smallest absolute Gasteiger partial charge is 0.314 e. The fourth-order valence-electron chi connectivity index (χ4n) is 13.2. The van der Waals surface area contributed by atoms with Crippen LogP contribution >= 0.6 is 0 Å². The highest BCUT2D eigenvalue weighted by Gasteiger charge is 2.69. The van der Waals surface area contributed by atoms with Gasteiger partial charge in [-0.1, -0.05) is 19.9 Å². The Bertz CT molecular complexity index is 1710. The highest BCUT2D eigenvalue weighted by Crippen LogP contribution is 2.73. The molecule has 8 fully saturated rings. The summed E-state index contributed by atoms with van der Waals surface area (Å²) in [5.41, 5.74) is -1.99. The van der Waals surface area contributed by atoms with Crippen LogP contribution in [0.3, 0.4) is 0 Å². The van der Waals surface area contributed by atoms with Crippen LogP contribution in [0.15, 0.2) is 12.2 Å². The van der Waals surface area contributed by atoms with E-state index in [0.717, 1.165) is 12.0 Å². The molecular weight excluding hydrogens is 868 g/mol. The fraction of sp³-hybridized carbons (Fsp3) is 0.930. The van der Waals surface area contributed by atoms with E-state index in [1.165, 1.54) is 0 Å². The van der Waals surface area contributed by atoms with Crippen molar-refractivity contribution in [3.05, 3.63) is 12.2 Å². The molecule has 4 aliphatic heterocycles. The average molecular weight is 937 g/mol. The number of hydrogen-bond donors (Lipinski definition) is 13. The third kappa shape index (κ3) is 8.32. The molecule has 0 aromatic rings. The van der Waals surface area contributed by atoms with Crippen molar-refractivity contribution in [1.29, 1.82) is 0 Å². The topological polar surface area (TPSA) is 354 Å². The molecule has 0 aromatic carbocycles. The van der Waals surface area contributed by atoms with Crippen molar-refractivity contribution in [2.75, 3.05) is 26.4 Å². The van der Waals surface area contributed by atoms with E-state index in [4.69, 9.17) is 37.9 Å². The molecule has 13 N–H and O–H groups in total. The number of hydrogen-bond acceptors (Lipinski definition) is 22. The maximum absolute atomic E-state index is 15.0. The van der Waals surface area contributed by atoms with Gasteiger partial charge in [0, 0.05) is 0 Å². The van der Waals surface area contributed by atoms with Gasteiger partial charge >= 0.3 is 5.97 Å². The molecule has 4 aliphatic carbocycles. The van der Waals surface area contributed by atoms with Gasteiger partial charge < -0.3 is 104 Å². The number of aliphatic hydroxyl groups is 13. The molecule has 4 heterocycles. The van der Waals surface area contributed by atoms with Gasteiger partial charge in [-0.15, -0.1) is 0 Å². The second-order valence-electron chi connectivity index (χ2n) is 20.4. The summed E-state index contributed by atoms with van der Waals surface area (Å²) < 4.78 is 47.7. The van der Waals surface area contributed by atoms with E-state index in [2.05, 4.69) is 13.5 Å². The van der Waals surface area contributed by atoms with Crippen molar-refractivity contribution in [1.82, 2.24) is 0 Å². The number of ether oxygens (including phenoxy) is 8. The van der Waals surface area contributed by atoms with E-state index in [1.807, 2.05) is 6.92 Å². The van der Waals surface area contributed by atoms with Gasteiger partial charge in [-0.25, -0.2) is 0 Å². The number of rotatable bonds is 11. The third-order valence-corrected chi connectivity index (χ3v) is 16.7. The number of esters is 1. The van der Waals surface area contributed by atoms with Gasteiger partial charge in [0.1, 0.15) is 85.5 Å². The summed E-state index contributed by atoms with van der Waals surface area (Å²) in [5, 5.41) is 137. The van der Waals surface area contributed by atoms with E-state index in [9.17, 15) is 71.2 Å². The lowest BCUT2D eigenvalue weighted by atomic mass is 9.41. The number of fused-ring (bicyclic) bond motifs is 3. The second-order valence-corrected chi connectivity index (χ2v) is 20.4. The molecule has 0 amide bonds. The molecular formula is C43H68O22. The van der Waals surface area contributed by atoms with E-state index < -0.39 is 166 Å². The molecule has 2 bridgehead atoms. The third-order valence-electron chi connectivity index (χ3n) is 16.7. The van der Waals surface area contributed by atoms with Crippen molar-refractivity contribution < 1.29 is 109 Å². The van der Waals surface area contributed by atoms with Crippen LogP contribution in [0.1, 0.15) is 71.6 Å². The van der Waals surface area contributed by atoms with Crippen LogP contribution in [0.4, 0.5) is 0 Å². The molecule has 65 heavy (non-hydrogen) atoms. The number of aliphatic hydroxyl groups excluding tert-OH is 13. The van der Waals surface area contributed by atoms with Crippen LogP contribution in [-0.2, 0) is 42.7 Å². The molecule has 4 saturated carbocycles. The Morgan fingerprint density at radius 1 is 0.631 bits per heavy atom. The van der Waals surface area contributed by atoms with Gasteiger partial charge in [0.05, 0.1) is 37.4 Å². The lowest BCUT2D eigenvalue weighted by molar-refractivity contribution is -0.383. The molecule has 372 valence electrons. The molecule has 1 spiro atoms. The van der Waals surface area contributed by atoms with E-state index >= 15 is 0 Å². The summed E-state index contributed by atoms with van der Waals surface area (Å²) in [4.78, 5) is 15.0. The Morgan fingerprint density at radius 2 is 1.18 bits per heavy atom. The van der Waals surface area contributed by atoms with E-state index in [1.54, 1.807) is 0 Å². The van der Waals surface area contributed by atoms with Gasteiger partial charge in [-0.2, -0.15) is 0 Å². The Balaban J connectivity index is 1.04. The Labute approximate surface area is 375 Å². The minimum Gasteiger partial charge on any atom is -0.432 e. The summed E-state index contributed by atoms with van der Waals surface area (Å²) in [6.07, 6.45) is -26.3. The number of carbonyl (C=O) groups excluding carboxylic acids is 1. The van der Waals surface area contributed by atoms with Crippen molar-refractivity contribution >= 4 is 5.97 Å². The minimum absolute atomic E-state index is 0.0749. The summed E-state index contributed by atoms with van der Waals surface area (Å²) in [6.45, 7) is 5.68. The molecule has 0 radical (unpaired) electrons. The molecule has 25 atom stereocenters. The highest BCUT2D eigenvalue weighted by molar-refractivity contribution is 5.77. The highest BCUT2D eigenvalue weighted by atomic mass is 16.8. The van der Waals surface area contributed by atoms with Crippen LogP contribution in [0.25, 0.3) is 0 Å². The van der Waals surface area contributed by atoms with Crippen LogP contribution in [-0.4, -0.2) is 221 Å². The van der Waals surface area contributed by atoms with E-state index in [-0.39, 0.29) is 17.3 Å². The molecule has 4 saturated heterocycles. The van der Waals surface area contributed by atoms with Crippen molar-refractivity contribution in [2.24, 2.45) is 28.1 Å². The van der Waals surface area contributed by atoms with Gasteiger partial charge in [-0.3, -0.25) is 4.79 Å². The first-order valence-corrected chi connectivity index (χ1v) is 22.8. The lowest BCUT2D eigenvalue weighted by Gasteiger charge is -2.64. The van der Waals surface area contributed by atoms with Crippen LogP contribution in [0.2, 0.25) is 0 Å². The van der Waals surface area contributed by atoms with Gasteiger partial charge in [0.15, 0.2) is 25.0 Å². The Kier molecular flexibility index (Phi) is 14.3. The quantitative estimate of drug-likeness (QED) is 0.0528. The number of carbonyl (C=O) groups is 1. The molecule has 8 rings (SSSR count). The molecule has 0 unspecified atom stereocenters. The van der Waals surface area contributed by atoms with Gasteiger partial charge in [0.2, 0.25) is 6.29 Å². The van der Waals surface area contributed by atoms with Crippen LogP contribution in [0.5, 0.6) is 0 Å². The SMILES string of the molecule is C=C1C[C@@]23CC[C@H]4[C@@](C)(CCC[C@@]4(C)C(=O)O[C@H]4O[C@@H](CO)[C@H](O)[C@@H](O[C@@H]5O[C@H](CO)[C@@H](O)[C@H](O)[C@H]5O)[C@@H]4O[C@H]4OC[C@H](O)[C@@H](O)[C@@H]4O)[C@@H]2CC[C@]1(O[C@@H]1O[C@H](CO)[C@@H](O)[C@H](O)[C@H]1O)C3. The molecule has 22 nitrogen and oxygen atoms in total. The predicted molar refractivity (Wildman–Crippen MR) is 213 cm³/mol. The summed E-state index contributed by atoms with van der Waals surface area (Å²) in [6, 6.07) is 0. The zero-order valence-corrected chi connectivity index (χ0v) is 36.5. The zero-order valence-electron chi connectivity index (χ0n) is 36.5. The van der Waals surface area contributed by atoms with Crippen molar-refractivity contribution in [2.45, 2.75) is 194 Å². The normalized spacial score (nSPS) is 54.7.